The lowest BCUT2D eigenvalue weighted by atomic mass is 10.0. The summed E-state index contributed by atoms with van der Waals surface area (Å²) in [6.07, 6.45) is 0. The third kappa shape index (κ3) is 11.6. The summed E-state index contributed by atoms with van der Waals surface area (Å²) < 4.78 is 102. The van der Waals surface area contributed by atoms with Gasteiger partial charge in [-0.15, -0.1) is 0 Å². The summed E-state index contributed by atoms with van der Waals surface area (Å²) in [4.78, 5) is 34.9. The average Bonchev–Trinajstić information content (AvgIpc) is 1.82. The first-order chi connectivity index (χ1) is 40.9. The zero-order valence-electron chi connectivity index (χ0n) is 45.1. The molecule has 2 aromatic heterocycles. The number of benzene rings is 10. The Hall–Kier alpha value is -11.0. The Morgan fingerprint density at radius 2 is 0.631 bits per heavy atom. The molecular formula is C68H46F4N2O10. The minimum Gasteiger partial charge on any atom is -0.496 e. The van der Waals surface area contributed by atoms with Gasteiger partial charge in [0, 0.05) is 56.6 Å². The van der Waals surface area contributed by atoms with Crippen LogP contribution in [0.2, 0.25) is 0 Å². The van der Waals surface area contributed by atoms with Gasteiger partial charge < -0.3 is 37.3 Å². The summed E-state index contributed by atoms with van der Waals surface area (Å²) in [5, 5.41) is 0. The van der Waals surface area contributed by atoms with Gasteiger partial charge in [-0.3, -0.25) is 0 Å². The quantitative estimate of drug-likeness (QED) is 0.0957. The van der Waals surface area contributed by atoms with Gasteiger partial charge in [0.2, 0.25) is 0 Å². The molecule has 0 aliphatic rings. The molecule has 0 N–H and O–H groups in total. The van der Waals surface area contributed by atoms with Crippen molar-refractivity contribution in [2.24, 2.45) is 0 Å². The molecule has 84 heavy (non-hydrogen) atoms. The van der Waals surface area contributed by atoms with E-state index in [-0.39, 0.29) is 45.7 Å². The van der Waals surface area contributed by atoms with E-state index >= 15 is 0 Å². The Balaban J connectivity index is 0.000000175. The first kappa shape index (κ1) is 54.9. The molecule has 10 aromatic carbocycles. The van der Waals surface area contributed by atoms with E-state index in [2.05, 4.69) is 9.97 Å². The molecule has 2 heterocycles. The van der Waals surface area contributed by atoms with E-state index < -0.39 is 22.9 Å². The lowest BCUT2D eigenvalue weighted by molar-refractivity contribution is 0.414. The summed E-state index contributed by atoms with van der Waals surface area (Å²) in [7, 11) is 6.02. The molecule has 0 saturated heterocycles. The molecule has 16 heteroatoms. The van der Waals surface area contributed by atoms with Gasteiger partial charge in [-0.2, -0.15) is 0 Å². The molecule has 0 spiro atoms. The van der Waals surface area contributed by atoms with E-state index in [1.165, 1.54) is 89.1 Å². The fourth-order valence-corrected chi connectivity index (χ4v) is 9.46. The second kappa shape index (κ2) is 24.0. The number of ether oxygens (including phenoxy) is 6. The van der Waals surface area contributed by atoms with Crippen molar-refractivity contribution in [3.05, 3.63) is 250 Å². The van der Waals surface area contributed by atoms with Crippen molar-refractivity contribution >= 4 is 22.2 Å². The molecule has 0 aliphatic carbocycles. The standard InChI is InChI=1S/2C34H23F2NO5/c2*1-39-29-14-10-22(35)16-25(29)20-8-12-24(13-9-20)41-31-19-32-28(18-27(31)26-17-23(36)11-15-30(26)40-2)37-33(34(38)42-32)21-6-4-3-5-7-21/h2*3-19H,1-2H3. The molecular weight excluding hydrogens is 1080 g/mol. The highest BCUT2D eigenvalue weighted by Crippen LogP contribution is 2.44. The normalized spacial score (nSPS) is 11.0. The van der Waals surface area contributed by atoms with Gasteiger partial charge in [-0.1, -0.05) is 84.9 Å². The number of rotatable bonds is 14. The SMILES string of the molecule is COc1ccc(F)cc1-c1ccc(Oc2cc3oc(=O)c(-c4ccccc4)nc3cc2-c2cc(F)ccc2OC)cc1.COc1ccc(F)cc1-c1ccc(Oc2cc3oc(=O)c(-c4ccccc4)nc3cc2-c2cc(F)ccc2OC)cc1. The molecule has 12 nitrogen and oxygen atoms in total. The predicted octanol–water partition coefficient (Wildman–Crippen LogP) is 16.6. The maximum Gasteiger partial charge on any atom is 0.363 e. The van der Waals surface area contributed by atoms with Gasteiger partial charge in [0.1, 0.15) is 80.3 Å². The van der Waals surface area contributed by atoms with Crippen LogP contribution in [0.25, 0.3) is 89.2 Å². The monoisotopic (exact) mass is 1130 g/mol. The second-order valence-electron chi connectivity index (χ2n) is 18.7. The Bertz CT molecular complexity index is 4230. The van der Waals surface area contributed by atoms with Crippen LogP contribution in [-0.4, -0.2) is 38.4 Å². The van der Waals surface area contributed by atoms with Gasteiger partial charge in [0.15, 0.2) is 22.6 Å². The molecule has 12 rings (SSSR count). The lowest BCUT2D eigenvalue weighted by Gasteiger charge is -2.16. The number of aromatic nitrogens is 2. The summed E-state index contributed by atoms with van der Waals surface area (Å²) >= 11 is 0. The number of halogens is 4. The highest BCUT2D eigenvalue weighted by Gasteiger charge is 2.22. The van der Waals surface area contributed by atoms with Gasteiger partial charge in [-0.25, -0.2) is 37.1 Å². The molecule has 416 valence electrons. The van der Waals surface area contributed by atoms with Crippen LogP contribution < -0.4 is 39.7 Å². The van der Waals surface area contributed by atoms with Crippen molar-refractivity contribution in [1.29, 1.82) is 0 Å². The zero-order valence-corrected chi connectivity index (χ0v) is 45.1. The molecule has 0 bridgehead atoms. The highest BCUT2D eigenvalue weighted by atomic mass is 19.1. The van der Waals surface area contributed by atoms with Crippen molar-refractivity contribution in [2.75, 3.05) is 28.4 Å². The van der Waals surface area contributed by atoms with Crippen LogP contribution in [0, 0.1) is 23.3 Å². The molecule has 0 unspecified atom stereocenters. The first-order valence-corrected chi connectivity index (χ1v) is 25.9. The molecule has 0 aliphatic heterocycles. The van der Waals surface area contributed by atoms with E-state index in [1.54, 1.807) is 133 Å². The molecule has 12 aromatic rings. The maximum atomic E-state index is 14.5. The van der Waals surface area contributed by atoms with Gasteiger partial charge in [0.25, 0.3) is 0 Å². The summed E-state index contributed by atoms with van der Waals surface area (Å²) in [6, 6.07) is 55.2. The summed E-state index contributed by atoms with van der Waals surface area (Å²) in [6.45, 7) is 0. The van der Waals surface area contributed by atoms with E-state index in [4.69, 9.17) is 37.3 Å². The fourth-order valence-electron chi connectivity index (χ4n) is 9.46. The topological polar surface area (TPSA) is 142 Å². The molecule has 0 fully saturated rings. The number of methoxy groups -OCH3 is 4. The van der Waals surface area contributed by atoms with Crippen molar-refractivity contribution < 1.29 is 54.8 Å². The Kier molecular flexibility index (Phi) is 15.7. The van der Waals surface area contributed by atoms with Crippen LogP contribution in [0.5, 0.6) is 46.0 Å². The van der Waals surface area contributed by atoms with Crippen LogP contribution in [0.1, 0.15) is 0 Å². The molecule has 0 amide bonds. The van der Waals surface area contributed by atoms with Gasteiger partial charge in [-0.05, 0) is 120 Å². The van der Waals surface area contributed by atoms with Crippen LogP contribution >= 0.6 is 0 Å². The minimum atomic E-state index is -0.607. The van der Waals surface area contributed by atoms with E-state index in [0.717, 1.165) is 0 Å². The van der Waals surface area contributed by atoms with Crippen LogP contribution in [0.3, 0.4) is 0 Å². The Morgan fingerprint density at radius 1 is 0.321 bits per heavy atom. The van der Waals surface area contributed by atoms with Crippen molar-refractivity contribution in [3.63, 3.8) is 0 Å². The molecule has 0 radical (unpaired) electrons. The van der Waals surface area contributed by atoms with Crippen molar-refractivity contribution in [3.8, 4) is 113 Å². The predicted molar refractivity (Wildman–Crippen MR) is 312 cm³/mol. The molecule has 0 saturated carbocycles. The van der Waals surface area contributed by atoms with Crippen LogP contribution in [0.15, 0.2) is 225 Å². The van der Waals surface area contributed by atoms with Crippen LogP contribution in [0.4, 0.5) is 17.6 Å². The third-order valence-corrected chi connectivity index (χ3v) is 13.5. The van der Waals surface area contributed by atoms with Crippen molar-refractivity contribution in [2.45, 2.75) is 0 Å². The number of fused-ring (bicyclic) bond motifs is 2. The molecule has 0 atom stereocenters. The largest absolute Gasteiger partial charge is 0.496 e. The number of hydrogen-bond acceptors (Lipinski definition) is 12. The van der Waals surface area contributed by atoms with Gasteiger partial charge >= 0.3 is 11.3 Å². The second-order valence-corrected chi connectivity index (χ2v) is 18.7. The minimum absolute atomic E-state index is 0.150. The van der Waals surface area contributed by atoms with Crippen molar-refractivity contribution in [1.82, 2.24) is 9.97 Å². The fraction of sp³-hybridized carbons (Fsp3) is 0.0588. The van der Waals surface area contributed by atoms with Gasteiger partial charge in [0.05, 0.1) is 28.4 Å². The zero-order chi connectivity index (χ0) is 58.4. The Morgan fingerprint density at radius 3 is 0.964 bits per heavy atom. The number of nitrogens with zero attached hydrogens (tertiary/aromatic N) is 2. The Labute approximate surface area is 476 Å². The summed E-state index contributed by atoms with van der Waals surface area (Å²) in [5.41, 5.74) is 5.80. The maximum absolute atomic E-state index is 14.5. The summed E-state index contributed by atoms with van der Waals surface area (Å²) in [5.74, 6) is 1.58. The van der Waals surface area contributed by atoms with Crippen LogP contribution in [-0.2, 0) is 0 Å². The first-order valence-electron chi connectivity index (χ1n) is 25.9. The lowest BCUT2D eigenvalue weighted by Crippen LogP contribution is -2.06. The van der Waals surface area contributed by atoms with E-state index in [9.17, 15) is 27.2 Å². The highest BCUT2D eigenvalue weighted by molar-refractivity contribution is 5.89. The number of hydrogen-bond donors (Lipinski definition) is 0. The van der Waals surface area contributed by atoms with E-state index in [0.29, 0.717) is 101 Å². The smallest absolute Gasteiger partial charge is 0.363 e. The van der Waals surface area contributed by atoms with E-state index in [1.807, 2.05) is 12.1 Å². The third-order valence-electron chi connectivity index (χ3n) is 13.5. The average molecular weight is 1130 g/mol.